The molecule has 3 rings (SSSR count). The van der Waals surface area contributed by atoms with Crippen molar-refractivity contribution in [3.8, 4) is 5.75 Å². The van der Waals surface area contributed by atoms with Crippen molar-refractivity contribution in [2.75, 3.05) is 33.3 Å². The lowest BCUT2D eigenvalue weighted by molar-refractivity contribution is -0.130. The van der Waals surface area contributed by atoms with Crippen LogP contribution in [-0.2, 0) is 4.79 Å². The first-order chi connectivity index (χ1) is 10.7. The highest BCUT2D eigenvalue weighted by molar-refractivity contribution is 8.01. The number of ether oxygens (including phenoxy) is 1. The highest BCUT2D eigenvalue weighted by atomic mass is 32.2. The van der Waals surface area contributed by atoms with Crippen LogP contribution in [0, 0.1) is 0 Å². The molecular formula is C17H24N2O2S. The minimum atomic E-state index is 0.0218. The van der Waals surface area contributed by atoms with E-state index in [1.54, 1.807) is 18.9 Å². The van der Waals surface area contributed by atoms with Crippen LogP contribution >= 0.6 is 11.8 Å². The molecule has 4 nitrogen and oxygen atoms in total. The maximum absolute atomic E-state index is 12.5. The van der Waals surface area contributed by atoms with E-state index in [-0.39, 0.29) is 16.5 Å². The van der Waals surface area contributed by atoms with Gasteiger partial charge in [-0.25, -0.2) is 0 Å². The lowest BCUT2D eigenvalue weighted by Gasteiger charge is -2.27. The van der Waals surface area contributed by atoms with Gasteiger partial charge in [-0.3, -0.25) is 4.79 Å². The standard InChI is InChI=1S/C17H24N2O2S/c1-13-16(20)19(12-11-18-9-5-6-10-18)17(22-13)14-7-3-4-8-15(14)21-2/h3-4,7-8,13,17H,5-6,9-12H2,1-2H3/t13-,17-/m0/s1. The Morgan fingerprint density at radius 2 is 1.95 bits per heavy atom. The number of thioether (sulfide) groups is 1. The summed E-state index contributed by atoms with van der Waals surface area (Å²) in [6, 6.07) is 8.04. The first kappa shape index (κ1) is 15.7. The molecule has 0 aliphatic carbocycles. The molecule has 1 aromatic carbocycles. The third kappa shape index (κ3) is 3.10. The van der Waals surface area contributed by atoms with Gasteiger partial charge in [-0.15, -0.1) is 11.8 Å². The highest BCUT2D eigenvalue weighted by Gasteiger charge is 2.39. The Hall–Kier alpha value is -1.20. The van der Waals surface area contributed by atoms with Crippen LogP contribution in [0.4, 0.5) is 0 Å². The Bertz CT molecular complexity index is 531. The molecule has 2 aliphatic rings. The van der Waals surface area contributed by atoms with E-state index in [4.69, 9.17) is 4.74 Å². The average molecular weight is 320 g/mol. The van der Waals surface area contributed by atoms with Crippen LogP contribution < -0.4 is 4.74 Å². The van der Waals surface area contributed by atoms with E-state index in [9.17, 15) is 4.79 Å². The Morgan fingerprint density at radius 3 is 2.68 bits per heavy atom. The van der Waals surface area contributed by atoms with Crippen molar-refractivity contribution >= 4 is 17.7 Å². The van der Waals surface area contributed by atoms with Crippen LogP contribution in [0.5, 0.6) is 5.75 Å². The van der Waals surface area contributed by atoms with Crippen molar-refractivity contribution in [3.63, 3.8) is 0 Å². The van der Waals surface area contributed by atoms with Gasteiger partial charge in [0.15, 0.2) is 0 Å². The van der Waals surface area contributed by atoms with Gasteiger partial charge in [0.25, 0.3) is 0 Å². The lowest BCUT2D eigenvalue weighted by atomic mass is 10.1. The number of hydrogen-bond acceptors (Lipinski definition) is 4. The predicted octanol–water partition coefficient (Wildman–Crippen LogP) is 2.75. The number of benzene rings is 1. The molecule has 120 valence electrons. The second-order valence-corrected chi connectivity index (χ2v) is 7.38. The number of carbonyl (C=O) groups is 1. The summed E-state index contributed by atoms with van der Waals surface area (Å²) in [5.74, 6) is 1.12. The maximum atomic E-state index is 12.5. The van der Waals surface area contributed by atoms with Crippen molar-refractivity contribution in [2.45, 2.75) is 30.4 Å². The smallest absolute Gasteiger partial charge is 0.236 e. The van der Waals surface area contributed by atoms with E-state index in [0.29, 0.717) is 0 Å². The molecule has 0 unspecified atom stereocenters. The summed E-state index contributed by atoms with van der Waals surface area (Å²) in [4.78, 5) is 17.0. The minimum Gasteiger partial charge on any atom is -0.496 e. The molecule has 0 radical (unpaired) electrons. The van der Waals surface area contributed by atoms with Gasteiger partial charge in [-0.05, 0) is 38.9 Å². The summed E-state index contributed by atoms with van der Waals surface area (Å²) >= 11 is 1.72. The van der Waals surface area contributed by atoms with E-state index in [2.05, 4.69) is 11.0 Å². The number of rotatable bonds is 5. The van der Waals surface area contributed by atoms with E-state index in [1.165, 1.54) is 25.9 Å². The first-order valence-corrected chi connectivity index (χ1v) is 8.96. The molecule has 2 heterocycles. The van der Waals surface area contributed by atoms with Crippen LogP contribution in [0.1, 0.15) is 30.7 Å². The summed E-state index contributed by atoms with van der Waals surface area (Å²) in [6.07, 6.45) is 2.57. The number of methoxy groups -OCH3 is 1. The van der Waals surface area contributed by atoms with Crippen molar-refractivity contribution in [2.24, 2.45) is 0 Å². The van der Waals surface area contributed by atoms with Crippen LogP contribution in [0.3, 0.4) is 0 Å². The average Bonchev–Trinajstić information content (AvgIpc) is 3.15. The Balaban J connectivity index is 1.76. The zero-order chi connectivity index (χ0) is 15.5. The Morgan fingerprint density at radius 1 is 1.23 bits per heavy atom. The maximum Gasteiger partial charge on any atom is 0.236 e. The molecule has 2 atom stereocenters. The molecule has 0 bridgehead atoms. The quantitative estimate of drug-likeness (QED) is 0.835. The highest BCUT2D eigenvalue weighted by Crippen LogP contribution is 2.45. The molecule has 2 aliphatic heterocycles. The zero-order valence-electron chi connectivity index (χ0n) is 13.3. The van der Waals surface area contributed by atoms with Gasteiger partial charge in [0.05, 0.1) is 12.4 Å². The van der Waals surface area contributed by atoms with Gasteiger partial charge >= 0.3 is 0 Å². The number of nitrogens with zero attached hydrogens (tertiary/aromatic N) is 2. The molecule has 2 saturated heterocycles. The molecule has 22 heavy (non-hydrogen) atoms. The summed E-state index contributed by atoms with van der Waals surface area (Å²) in [7, 11) is 1.69. The van der Waals surface area contributed by atoms with E-state index < -0.39 is 0 Å². The molecular weight excluding hydrogens is 296 g/mol. The molecule has 1 amide bonds. The summed E-state index contributed by atoms with van der Waals surface area (Å²) in [5.41, 5.74) is 1.11. The molecule has 0 spiro atoms. The fourth-order valence-corrected chi connectivity index (χ4v) is 4.60. The predicted molar refractivity (Wildman–Crippen MR) is 90.2 cm³/mol. The molecule has 2 fully saturated rings. The second-order valence-electron chi connectivity index (χ2n) is 5.95. The number of amides is 1. The third-order valence-corrected chi connectivity index (χ3v) is 5.88. The Kier molecular flexibility index (Phi) is 4.93. The number of para-hydroxylation sites is 1. The fraction of sp³-hybridized carbons (Fsp3) is 0.588. The topological polar surface area (TPSA) is 32.8 Å². The van der Waals surface area contributed by atoms with Crippen molar-refractivity contribution in [3.05, 3.63) is 29.8 Å². The minimum absolute atomic E-state index is 0.0218. The van der Waals surface area contributed by atoms with Crippen LogP contribution in [0.25, 0.3) is 0 Å². The van der Waals surface area contributed by atoms with E-state index in [1.807, 2.05) is 30.0 Å². The van der Waals surface area contributed by atoms with Gasteiger partial charge in [-0.2, -0.15) is 0 Å². The molecule has 0 N–H and O–H groups in total. The normalized spacial score (nSPS) is 25.9. The van der Waals surface area contributed by atoms with Gasteiger partial charge in [-0.1, -0.05) is 18.2 Å². The number of carbonyl (C=O) groups excluding carboxylic acids is 1. The van der Waals surface area contributed by atoms with Crippen molar-refractivity contribution in [1.82, 2.24) is 9.80 Å². The second kappa shape index (κ2) is 6.92. The van der Waals surface area contributed by atoms with Gasteiger partial charge in [0.1, 0.15) is 11.1 Å². The molecule has 1 aromatic rings. The largest absolute Gasteiger partial charge is 0.496 e. The summed E-state index contributed by atoms with van der Waals surface area (Å²) in [5, 5.41) is 0.0924. The SMILES string of the molecule is COc1ccccc1[C@@H]1S[C@@H](C)C(=O)N1CCN1CCCC1. The van der Waals surface area contributed by atoms with Crippen LogP contribution in [0.15, 0.2) is 24.3 Å². The first-order valence-electron chi connectivity index (χ1n) is 8.02. The van der Waals surface area contributed by atoms with Crippen molar-refractivity contribution in [1.29, 1.82) is 0 Å². The van der Waals surface area contributed by atoms with Crippen LogP contribution in [0.2, 0.25) is 0 Å². The van der Waals surface area contributed by atoms with Gasteiger partial charge in [0, 0.05) is 18.7 Å². The van der Waals surface area contributed by atoms with Crippen LogP contribution in [-0.4, -0.2) is 54.2 Å². The Labute approximate surface area is 136 Å². The van der Waals surface area contributed by atoms with Gasteiger partial charge < -0.3 is 14.5 Å². The third-order valence-electron chi connectivity index (χ3n) is 4.51. The molecule has 5 heteroatoms. The fourth-order valence-electron chi connectivity index (χ4n) is 3.27. The number of likely N-dealkylation sites (tertiary alicyclic amines) is 1. The monoisotopic (exact) mass is 320 g/mol. The lowest BCUT2D eigenvalue weighted by Crippen LogP contribution is -2.37. The summed E-state index contributed by atoms with van der Waals surface area (Å²) < 4.78 is 5.49. The van der Waals surface area contributed by atoms with E-state index >= 15 is 0 Å². The summed E-state index contributed by atoms with van der Waals surface area (Å²) in [6.45, 7) is 6.13. The van der Waals surface area contributed by atoms with Crippen molar-refractivity contribution < 1.29 is 9.53 Å². The molecule has 0 aromatic heterocycles. The van der Waals surface area contributed by atoms with E-state index in [0.717, 1.165) is 24.4 Å². The molecule has 0 saturated carbocycles. The number of hydrogen-bond donors (Lipinski definition) is 0. The zero-order valence-corrected chi connectivity index (χ0v) is 14.1. The van der Waals surface area contributed by atoms with Gasteiger partial charge in [0.2, 0.25) is 5.91 Å².